The van der Waals surface area contributed by atoms with Crippen LogP contribution < -0.4 is 5.56 Å². The highest BCUT2D eigenvalue weighted by atomic mass is 32.2. The third-order valence-electron chi connectivity index (χ3n) is 5.46. The Balaban J connectivity index is 1.68. The van der Waals surface area contributed by atoms with Gasteiger partial charge in [-0.15, -0.1) is 0 Å². The smallest absolute Gasteiger partial charge is 0.262 e. The molecule has 2 aromatic carbocycles. The van der Waals surface area contributed by atoms with Gasteiger partial charge in [0.15, 0.2) is 5.16 Å². The van der Waals surface area contributed by atoms with E-state index in [0.29, 0.717) is 11.9 Å². The van der Waals surface area contributed by atoms with Crippen LogP contribution in [0, 0.1) is 12.8 Å². The number of hydrogen-bond donors (Lipinski definition) is 0. The first kappa shape index (κ1) is 18.3. The lowest BCUT2D eigenvalue weighted by Gasteiger charge is -2.21. The van der Waals surface area contributed by atoms with Gasteiger partial charge in [0.1, 0.15) is 0 Å². The molecule has 1 aromatic heterocycles. The summed E-state index contributed by atoms with van der Waals surface area (Å²) in [5.41, 5.74) is 3.23. The molecule has 0 aliphatic heterocycles. The summed E-state index contributed by atoms with van der Waals surface area (Å²) in [5, 5.41) is 1.55. The highest BCUT2D eigenvalue weighted by molar-refractivity contribution is 7.99. The van der Waals surface area contributed by atoms with Crippen molar-refractivity contribution in [3.05, 3.63) is 70.0 Å². The van der Waals surface area contributed by atoms with E-state index >= 15 is 0 Å². The number of rotatable bonds is 5. The Labute approximate surface area is 164 Å². The minimum absolute atomic E-state index is 0.0623. The first-order valence-corrected chi connectivity index (χ1v) is 10.9. The fourth-order valence-corrected chi connectivity index (χ4v) is 5.00. The molecule has 3 aromatic rings. The molecule has 0 atom stereocenters. The van der Waals surface area contributed by atoms with Gasteiger partial charge in [0.05, 0.1) is 17.4 Å². The molecule has 1 saturated carbocycles. The average Bonchev–Trinajstić information content (AvgIpc) is 2.71. The van der Waals surface area contributed by atoms with Crippen LogP contribution in [0.1, 0.15) is 43.2 Å². The van der Waals surface area contributed by atoms with Crippen molar-refractivity contribution in [2.24, 2.45) is 5.92 Å². The normalized spacial score (nSPS) is 15.3. The van der Waals surface area contributed by atoms with E-state index in [9.17, 15) is 4.79 Å². The maximum Gasteiger partial charge on any atom is 0.262 e. The number of aryl methyl sites for hydroxylation is 1. The number of aromatic nitrogens is 2. The van der Waals surface area contributed by atoms with Gasteiger partial charge in [-0.05, 0) is 43.4 Å². The number of hydrogen-bond acceptors (Lipinski definition) is 3. The zero-order valence-corrected chi connectivity index (χ0v) is 16.7. The van der Waals surface area contributed by atoms with E-state index in [4.69, 9.17) is 4.98 Å². The van der Waals surface area contributed by atoms with E-state index < -0.39 is 0 Å². The predicted octanol–water partition coefficient (Wildman–Crippen LogP) is 5.43. The van der Waals surface area contributed by atoms with Gasteiger partial charge in [-0.2, -0.15) is 0 Å². The molecular formula is C23H26N2OS. The second-order valence-electron chi connectivity index (χ2n) is 7.60. The molecule has 4 heteroatoms. The SMILES string of the molecule is Cc1ccc(Cn2c(SCC3CCCCC3)nc3ccccc3c2=O)cc1. The molecule has 1 fully saturated rings. The van der Waals surface area contributed by atoms with Crippen LogP contribution in [0.25, 0.3) is 10.9 Å². The molecule has 1 heterocycles. The molecule has 3 nitrogen and oxygen atoms in total. The zero-order chi connectivity index (χ0) is 18.6. The van der Waals surface area contributed by atoms with Crippen LogP contribution in [0.4, 0.5) is 0 Å². The van der Waals surface area contributed by atoms with Gasteiger partial charge in [-0.3, -0.25) is 9.36 Å². The largest absolute Gasteiger partial charge is 0.283 e. The maximum atomic E-state index is 13.2. The summed E-state index contributed by atoms with van der Waals surface area (Å²) in [6.45, 7) is 2.66. The molecule has 0 amide bonds. The van der Waals surface area contributed by atoms with Gasteiger partial charge in [0, 0.05) is 5.75 Å². The van der Waals surface area contributed by atoms with E-state index in [-0.39, 0.29) is 5.56 Å². The van der Waals surface area contributed by atoms with Gasteiger partial charge in [-0.1, -0.05) is 73.0 Å². The third-order valence-corrected chi connectivity index (χ3v) is 6.67. The Kier molecular flexibility index (Phi) is 5.63. The van der Waals surface area contributed by atoms with Crippen molar-refractivity contribution in [2.75, 3.05) is 5.75 Å². The number of nitrogens with zero attached hydrogens (tertiary/aromatic N) is 2. The highest BCUT2D eigenvalue weighted by Crippen LogP contribution is 2.29. The van der Waals surface area contributed by atoms with Crippen LogP contribution in [0.5, 0.6) is 0 Å². The molecule has 0 unspecified atom stereocenters. The van der Waals surface area contributed by atoms with Crippen LogP contribution in [-0.2, 0) is 6.54 Å². The van der Waals surface area contributed by atoms with Crippen LogP contribution in [0.3, 0.4) is 0 Å². The van der Waals surface area contributed by atoms with Crippen LogP contribution in [0.15, 0.2) is 58.5 Å². The van der Waals surface area contributed by atoms with E-state index in [2.05, 4.69) is 31.2 Å². The lowest BCUT2D eigenvalue weighted by Crippen LogP contribution is -2.24. The van der Waals surface area contributed by atoms with Crippen molar-refractivity contribution < 1.29 is 0 Å². The molecular weight excluding hydrogens is 352 g/mol. The molecule has 0 N–H and O–H groups in total. The lowest BCUT2D eigenvalue weighted by molar-refractivity contribution is 0.390. The van der Waals surface area contributed by atoms with Gasteiger partial charge < -0.3 is 0 Å². The third kappa shape index (κ3) is 4.27. The van der Waals surface area contributed by atoms with Gasteiger partial charge in [0.25, 0.3) is 5.56 Å². The Morgan fingerprint density at radius 2 is 1.78 bits per heavy atom. The van der Waals surface area contributed by atoms with E-state index in [1.54, 1.807) is 11.8 Å². The first-order chi connectivity index (χ1) is 13.2. The Morgan fingerprint density at radius 3 is 2.56 bits per heavy atom. The minimum Gasteiger partial charge on any atom is -0.283 e. The Morgan fingerprint density at radius 1 is 1.04 bits per heavy atom. The van der Waals surface area contributed by atoms with Crippen molar-refractivity contribution in [2.45, 2.75) is 50.7 Å². The average molecular weight is 379 g/mol. The van der Waals surface area contributed by atoms with Gasteiger partial charge in [0.2, 0.25) is 0 Å². The highest BCUT2D eigenvalue weighted by Gasteiger charge is 2.17. The molecule has 0 spiro atoms. The molecule has 1 aliphatic carbocycles. The second-order valence-corrected chi connectivity index (χ2v) is 8.59. The zero-order valence-electron chi connectivity index (χ0n) is 15.9. The summed E-state index contributed by atoms with van der Waals surface area (Å²) in [6.07, 6.45) is 6.66. The van der Waals surface area contributed by atoms with Crippen molar-refractivity contribution >= 4 is 22.7 Å². The number of para-hydroxylation sites is 1. The fourth-order valence-electron chi connectivity index (χ4n) is 3.82. The Bertz CT molecular complexity index is 972. The number of thioether (sulfide) groups is 1. The maximum absolute atomic E-state index is 13.2. The monoisotopic (exact) mass is 378 g/mol. The van der Waals surface area contributed by atoms with Crippen molar-refractivity contribution in [1.82, 2.24) is 9.55 Å². The first-order valence-electron chi connectivity index (χ1n) is 9.88. The second kappa shape index (κ2) is 8.30. The number of benzene rings is 2. The summed E-state index contributed by atoms with van der Waals surface area (Å²) >= 11 is 1.76. The molecule has 0 saturated heterocycles. The van der Waals surface area contributed by atoms with E-state index in [0.717, 1.165) is 27.9 Å². The van der Waals surface area contributed by atoms with Gasteiger partial charge >= 0.3 is 0 Å². The molecule has 1 aliphatic rings. The number of fused-ring (bicyclic) bond motifs is 1. The molecule has 0 bridgehead atoms. The predicted molar refractivity (Wildman–Crippen MR) is 114 cm³/mol. The molecule has 0 radical (unpaired) electrons. The summed E-state index contributed by atoms with van der Waals surface area (Å²) in [6, 6.07) is 16.1. The van der Waals surface area contributed by atoms with Crippen LogP contribution >= 0.6 is 11.8 Å². The van der Waals surface area contributed by atoms with Crippen LogP contribution in [0.2, 0.25) is 0 Å². The summed E-state index contributed by atoms with van der Waals surface area (Å²) < 4.78 is 1.86. The molecule has 27 heavy (non-hydrogen) atoms. The van der Waals surface area contributed by atoms with E-state index in [1.165, 1.54) is 37.7 Å². The van der Waals surface area contributed by atoms with Crippen molar-refractivity contribution in [3.8, 4) is 0 Å². The summed E-state index contributed by atoms with van der Waals surface area (Å²) in [7, 11) is 0. The van der Waals surface area contributed by atoms with Crippen molar-refractivity contribution in [1.29, 1.82) is 0 Å². The topological polar surface area (TPSA) is 34.9 Å². The summed E-state index contributed by atoms with van der Waals surface area (Å²) in [5.74, 6) is 1.80. The van der Waals surface area contributed by atoms with Crippen molar-refractivity contribution in [3.63, 3.8) is 0 Å². The summed E-state index contributed by atoms with van der Waals surface area (Å²) in [4.78, 5) is 18.0. The molecule has 4 rings (SSSR count). The lowest BCUT2D eigenvalue weighted by atomic mass is 9.91. The Hall–Kier alpha value is -2.07. The van der Waals surface area contributed by atoms with Gasteiger partial charge in [-0.25, -0.2) is 4.98 Å². The quantitative estimate of drug-likeness (QED) is 0.439. The molecule has 140 valence electrons. The van der Waals surface area contributed by atoms with Crippen LogP contribution in [-0.4, -0.2) is 15.3 Å². The minimum atomic E-state index is 0.0623. The fraction of sp³-hybridized carbons (Fsp3) is 0.391. The van der Waals surface area contributed by atoms with E-state index in [1.807, 2.05) is 28.8 Å². The standard InChI is InChI=1S/C23H26N2OS/c1-17-11-13-18(14-12-17)15-25-22(26)20-9-5-6-10-21(20)24-23(25)27-16-19-7-3-2-4-8-19/h5-6,9-14,19H,2-4,7-8,15-16H2,1H3.